The Hall–Kier alpha value is -2.57. The van der Waals surface area contributed by atoms with Gasteiger partial charge in [0.1, 0.15) is 11.6 Å². The van der Waals surface area contributed by atoms with Crippen molar-refractivity contribution in [1.29, 1.82) is 0 Å². The first-order valence-corrected chi connectivity index (χ1v) is 12.3. The molecule has 4 rings (SSSR count). The van der Waals surface area contributed by atoms with Crippen molar-refractivity contribution in [3.63, 3.8) is 0 Å². The lowest BCUT2D eigenvalue weighted by Gasteiger charge is -2.38. The molecular formula is C25H25ClFNO3S. The van der Waals surface area contributed by atoms with E-state index in [1.165, 1.54) is 10.4 Å². The van der Waals surface area contributed by atoms with E-state index in [0.29, 0.717) is 41.3 Å². The monoisotopic (exact) mass is 473 g/mol. The summed E-state index contributed by atoms with van der Waals surface area (Å²) in [5.41, 5.74) is 3.10. The van der Waals surface area contributed by atoms with Crippen LogP contribution in [0.4, 0.5) is 10.1 Å². The van der Waals surface area contributed by atoms with Gasteiger partial charge in [0.15, 0.2) is 0 Å². The molecule has 7 heteroatoms. The van der Waals surface area contributed by atoms with Crippen molar-refractivity contribution in [3.8, 4) is 5.75 Å². The van der Waals surface area contributed by atoms with Crippen molar-refractivity contribution >= 4 is 27.3 Å². The molecule has 0 aliphatic carbocycles. The Balaban J connectivity index is 1.72. The van der Waals surface area contributed by atoms with Gasteiger partial charge in [-0.3, -0.25) is 4.31 Å². The molecule has 0 saturated carbocycles. The minimum atomic E-state index is -3.80. The summed E-state index contributed by atoms with van der Waals surface area (Å²) in [7, 11) is -2.21. The molecule has 0 aromatic heterocycles. The van der Waals surface area contributed by atoms with Gasteiger partial charge in [-0.25, -0.2) is 12.8 Å². The normalized spacial score (nSPS) is 16.0. The number of rotatable bonds is 6. The van der Waals surface area contributed by atoms with Crippen LogP contribution in [0.2, 0.25) is 5.02 Å². The lowest BCUT2D eigenvalue weighted by atomic mass is 9.93. The number of methoxy groups -OCH3 is 1. The van der Waals surface area contributed by atoms with Gasteiger partial charge in [0.05, 0.1) is 17.7 Å². The SMILES string of the molecule is COc1ccc2c(c1)CCC(CCc1ccc(Cl)cc1F)N2S(=O)(=O)c1ccc(C)cc1. The number of nitrogens with zero attached hydrogens (tertiary/aromatic N) is 1. The lowest BCUT2D eigenvalue weighted by molar-refractivity contribution is 0.413. The molecule has 1 heterocycles. The summed E-state index contributed by atoms with van der Waals surface area (Å²) in [4.78, 5) is 0.245. The number of hydrogen-bond acceptors (Lipinski definition) is 3. The Morgan fingerprint density at radius 3 is 2.53 bits per heavy atom. The number of hydrogen-bond donors (Lipinski definition) is 0. The summed E-state index contributed by atoms with van der Waals surface area (Å²) in [5, 5.41) is 0.343. The second kappa shape index (κ2) is 9.12. The number of fused-ring (bicyclic) bond motifs is 1. The zero-order chi connectivity index (χ0) is 22.9. The minimum absolute atomic E-state index is 0.245. The third-order valence-electron chi connectivity index (χ3n) is 5.94. The average Bonchev–Trinajstić information content (AvgIpc) is 2.78. The molecule has 32 heavy (non-hydrogen) atoms. The summed E-state index contributed by atoms with van der Waals surface area (Å²) in [6, 6.07) is 16.7. The Kier molecular flexibility index (Phi) is 6.45. The van der Waals surface area contributed by atoms with Crippen molar-refractivity contribution in [1.82, 2.24) is 0 Å². The summed E-state index contributed by atoms with van der Waals surface area (Å²) in [5.74, 6) is 0.324. The molecule has 0 spiro atoms. The Morgan fingerprint density at radius 2 is 1.84 bits per heavy atom. The van der Waals surface area contributed by atoms with Crippen molar-refractivity contribution in [2.24, 2.45) is 0 Å². The summed E-state index contributed by atoms with van der Waals surface area (Å²) < 4.78 is 48.7. The molecule has 1 atom stereocenters. The molecule has 1 aliphatic rings. The standard InChI is InChI=1S/C25H25ClFNO3S/c1-17-3-12-23(13-4-17)32(29,30)28-21(9-6-18-5-8-20(26)16-24(18)27)10-7-19-15-22(31-2)11-14-25(19)28/h3-5,8,11-16,21H,6-7,9-10H2,1-2H3. The highest BCUT2D eigenvalue weighted by molar-refractivity contribution is 7.92. The van der Waals surface area contributed by atoms with Crippen LogP contribution >= 0.6 is 11.6 Å². The molecule has 3 aromatic carbocycles. The quantitative estimate of drug-likeness (QED) is 0.445. The maximum absolute atomic E-state index is 14.3. The Bertz CT molecular complexity index is 1230. The van der Waals surface area contributed by atoms with Crippen LogP contribution in [0, 0.1) is 12.7 Å². The van der Waals surface area contributed by atoms with E-state index in [1.807, 2.05) is 13.0 Å². The molecule has 1 unspecified atom stereocenters. The first-order valence-electron chi connectivity index (χ1n) is 10.5. The Labute approximate surface area is 193 Å². The van der Waals surface area contributed by atoms with E-state index in [1.54, 1.807) is 55.6 Å². The van der Waals surface area contributed by atoms with Gasteiger partial charge >= 0.3 is 0 Å². The van der Waals surface area contributed by atoms with Gasteiger partial charge in [0.25, 0.3) is 10.0 Å². The number of aryl methyl sites for hydroxylation is 3. The number of benzene rings is 3. The van der Waals surface area contributed by atoms with Crippen molar-refractivity contribution in [3.05, 3.63) is 88.2 Å². The maximum Gasteiger partial charge on any atom is 0.264 e. The van der Waals surface area contributed by atoms with Gasteiger partial charge < -0.3 is 4.74 Å². The molecule has 0 saturated heterocycles. The van der Waals surface area contributed by atoms with Crippen molar-refractivity contribution in [2.45, 2.75) is 43.5 Å². The first-order chi connectivity index (χ1) is 15.3. The van der Waals surface area contributed by atoms with Crippen LogP contribution in [0.1, 0.15) is 29.5 Å². The molecule has 0 fully saturated rings. The average molecular weight is 474 g/mol. The van der Waals surface area contributed by atoms with E-state index in [4.69, 9.17) is 16.3 Å². The van der Waals surface area contributed by atoms with Crippen LogP contribution < -0.4 is 9.04 Å². The summed E-state index contributed by atoms with van der Waals surface area (Å²) in [6.07, 6.45) is 2.27. The summed E-state index contributed by atoms with van der Waals surface area (Å²) >= 11 is 5.87. The van der Waals surface area contributed by atoms with Crippen LogP contribution in [0.25, 0.3) is 0 Å². The zero-order valence-electron chi connectivity index (χ0n) is 18.0. The van der Waals surface area contributed by atoms with Gasteiger partial charge in [-0.15, -0.1) is 0 Å². The minimum Gasteiger partial charge on any atom is -0.497 e. The highest BCUT2D eigenvalue weighted by Gasteiger charge is 2.36. The Morgan fingerprint density at radius 1 is 1.09 bits per heavy atom. The third-order valence-corrected chi connectivity index (χ3v) is 8.06. The molecule has 3 aromatic rings. The molecule has 0 amide bonds. The molecule has 4 nitrogen and oxygen atoms in total. The highest BCUT2D eigenvalue weighted by Crippen LogP contribution is 2.38. The van der Waals surface area contributed by atoms with Gasteiger partial charge in [0, 0.05) is 11.1 Å². The number of ether oxygens (including phenoxy) is 1. The second-order valence-corrected chi connectivity index (χ2v) is 10.3. The smallest absolute Gasteiger partial charge is 0.264 e. The van der Waals surface area contributed by atoms with Crippen LogP contribution in [-0.4, -0.2) is 21.6 Å². The fourth-order valence-electron chi connectivity index (χ4n) is 4.20. The van der Waals surface area contributed by atoms with Gasteiger partial charge in [-0.05, 0) is 86.2 Å². The van der Waals surface area contributed by atoms with Crippen LogP contribution in [0.3, 0.4) is 0 Å². The van der Waals surface area contributed by atoms with E-state index in [9.17, 15) is 12.8 Å². The highest BCUT2D eigenvalue weighted by atomic mass is 35.5. The van der Waals surface area contributed by atoms with Crippen molar-refractivity contribution in [2.75, 3.05) is 11.4 Å². The van der Waals surface area contributed by atoms with Gasteiger partial charge in [0.2, 0.25) is 0 Å². The summed E-state index contributed by atoms with van der Waals surface area (Å²) in [6.45, 7) is 1.92. The molecule has 168 valence electrons. The third kappa shape index (κ3) is 4.48. The second-order valence-electron chi connectivity index (χ2n) is 8.08. The predicted octanol–water partition coefficient (Wildman–Crippen LogP) is 5.94. The van der Waals surface area contributed by atoms with E-state index >= 15 is 0 Å². The number of sulfonamides is 1. The number of halogens is 2. The lowest BCUT2D eigenvalue weighted by Crippen LogP contribution is -2.44. The predicted molar refractivity (Wildman–Crippen MR) is 126 cm³/mol. The maximum atomic E-state index is 14.3. The van der Waals surface area contributed by atoms with Crippen molar-refractivity contribution < 1.29 is 17.5 Å². The van der Waals surface area contributed by atoms with E-state index in [0.717, 1.165) is 17.5 Å². The van der Waals surface area contributed by atoms with E-state index < -0.39 is 10.0 Å². The van der Waals surface area contributed by atoms with Gasteiger partial charge in [-0.1, -0.05) is 35.4 Å². The van der Waals surface area contributed by atoms with E-state index in [-0.39, 0.29) is 16.8 Å². The zero-order valence-corrected chi connectivity index (χ0v) is 19.6. The fraction of sp³-hybridized carbons (Fsp3) is 0.280. The molecule has 0 N–H and O–H groups in total. The molecule has 0 radical (unpaired) electrons. The topological polar surface area (TPSA) is 46.6 Å². The van der Waals surface area contributed by atoms with Crippen LogP contribution in [0.5, 0.6) is 5.75 Å². The first kappa shape index (κ1) is 22.6. The molecule has 0 bridgehead atoms. The van der Waals surface area contributed by atoms with Gasteiger partial charge in [-0.2, -0.15) is 0 Å². The largest absolute Gasteiger partial charge is 0.497 e. The molecular weight excluding hydrogens is 449 g/mol. The number of anilines is 1. The van der Waals surface area contributed by atoms with Crippen LogP contribution in [0.15, 0.2) is 65.6 Å². The van der Waals surface area contributed by atoms with E-state index in [2.05, 4.69) is 0 Å². The fourth-order valence-corrected chi connectivity index (χ4v) is 6.10. The molecule has 1 aliphatic heterocycles. The van der Waals surface area contributed by atoms with Crippen LogP contribution in [-0.2, 0) is 22.9 Å².